The van der Waals surface area contributed by atoms with Gasteiger partial charge in [0.2, 0.25) is 5.91 Å². The lowest BCUT2D eigenvalue weighted by Gasteiger charge is -2.23. The van der Waals surface area contributed by atoms with Gasteiger partial charge in [0.1, 0.15) is 0 Å². The van der Waals surface area contributed by atoms with Crippen LogP contribution in [0.25, 0.3) is 0 Å². The molecule has 0 aliphatic rings. The molecule has 2 aromatic carbocycles. The highest BCUT2D eigenvalue weighted by atomic mass is 16.4. The zero-order valence-electron chi connectivity index (χ0n) is 12.5. The molecule has 0 aliphatic carbocycles. The molecule has 4 heteroatoms. The smallest absolute Gasteiger partial charge is 0.303 e. The quantitative estimate of drug-likeness (QED) is 0.889. The maximum absolute atomic E-state index is 12.4. The Morgan fingerprint density at radius 1 is 1.00 bits per heavy atom. The second kappa shape index (κ2) is 7.41. The van der Waals surface area contributed by atoms with Crippen molar-refractivity contribution in [3.8, 4) is 0 Å². The molecule has 0 fully saturated rings. The van der Waals surface area contributed by atoms with Gasteiger partial charge in [0.05, 0.1) is 13.0 Å². The van der Waals surface area contributed by atoms with E-state index < -0.39 is 5.97 Å². The molecule has 0 bridgehead atoms. The zero-order chi connectivity index (χ0) is 15.9. The summed E-state index contributed by atoms with van der Waals surface area (Å²) < 4.78 is 0. The molecular formula is C18H19NO3. The zero-order valence-corrected chi connectivity index (χ0v) is 12.5. The third-order valence-electron chi connectivity index (χ3n) is 3.35. The van der Waals surface area contributed by atoms with Crippen molar-refractivity contribution in [2.45, 2.75) is 26.3 Å². The molecule has 0 spiro atoms. The Kier molecular flexibility index (Phi) is 5.31. The molecule has 0 radical (unpaired) electrons. The van der Waals surface area contributed by atoms with E-state index in [0.717, 1.165) is 16.8 Å². The minimum atomic E-state index is -0.961. The maximum atomic E-state index is 12.4. The molecule has 2 aromatic rings. The molecule has 0 atom stereocenters. The van der Waals surface area contributed by atoms with Gasteiger partial charge in [-0.3, -0.25) is 9.59 Å². The van der Waals surface area contributed by atoms with Crippen LogP contribution in [0.15, 0.2) is 54.6 Å². The van der Waals surface area contributed by atoms with Crippen molar-refractivity contribution >= 4 is 17.6 Å². The van der Waals surface area contributed by atoms with E-state index in [4.69, 9.17) is 5.11 Å². The Labute approximate surface area is 130 Å². The summed E-state index contributed by atoms with van der Waals surface area (Å²) in [6.45, 7) is 2.40. The number of anilines is 1. The minimum Gasteiger partial charge on any atom is -0.481 e. The van der Waals surface area contributed by atoms with Crippen molar-refractivity contribution in [2.24, 2.45) is 0 Å². The van der Waals surface area contributed by atoms with Gasteiger partial charge >= 0.3 is 5.97 Å². The average molecular weight is 297 g/mol. The number of carbonyl (C=O) groups is 2. The van der Waals surface area contributed by atoms with Crippen LogP contribution in [0.1, 0.15) is 24.0 Å². The predicted octanol–water partition coefficient (Wildman–Crippen LogP) is 3.39. The lowest BCUT2D eigenvalue weighted by molar-refractivity contribution is -0.138. The summed E-state index contributed by atoms with van der Waals surface area (Å²) in [4.78, 5) is 24.8. The Balaban J connectivity index is 2.24. The van der Waals surface area contributed by atoms with E-state index >= 15 is 0 Å². The first kappa shape index (κ1) is 15.8. The number of amides is 1. The summed E-state index contributed by atoms with van der Waals surface area (Å²) in [5.74, 6) is -1.14. The first-order valence-corrected chi connectivity index (χ1v) is 7.19. The van der Waals surface area contributed by atoms with E-state index in [1.54, 1.807) is 4.90 Å². The highest BCUT2D eigenvalue weighted by molar-refractivity contribution is 5.94. The summed E-state index contributed by atoms with van der Waals surface area (Å²) in [6.07, 6.45) is -0.161. The Bertz CT molecular complexity index is 652. The van der Waals surface area contributed by atoms with E-state index in [0.29, 0.717) is 6.54 Å². The first-order chi connectivity index (χ1) is 10.6. The van der Waals surface area contributed by atoms with Gasteiger partial charge in [0, 0.05) is 12.1 Å². The number of hydrogen-bond donors (Lipinski definition) is 1. The molecule has 0 saturated heterocycles. The minimum absolute atomic E-state index is 0.00386. The molecule has 0 aliphatic heterocycles. The molecule has 0 saturated carbocycles. The Morgan fingerprint density at radius 2 is 1.73 bits per heavy atom. The fraction of sp³-hybridized carbons (Fsp3) is 0.222. The molecule has 1 N–H and O–H groups in total. The molecular weight excluding hydrogens is 278 g/mol. The molecule has 1 amide bonds. The molecule has 0 heterocycles. The van der Waals surface area contributed by atoms with E-state index in [1.807, 2.05) is 61.5 Å². The summed E-state index contributed by atoms with van der Waals surface area (Å²) in [7, 11) is 0. The van der Waals surface area contributed by atoms with Gasteiger partial charge in [0.25, 0.3) is 0 Å². The first-order valence-electron chi connectivity index (χ1n) is 7.19. The van der Waals surface area contributed by atoms with Gasteiger partial charge in [0.15, 0.2) is 0 Å². The van der Waals surface area contributed by atoms with Crippen molar-refractivity contribution in [3.63, 3.8) is 0 Å². The Morgan fingerprint density at radius 3 is 2.36 bits per heavy atom. The van der Waals surface area contributed by atoms with Gasteiger partial charge in [-0.15, -0.1) is 0 Å². The number of rotatable bonds is 6. The van der Waals surface area contributed by atoms with E-state index in [9.17, 15) is 9.59 Å². The largest absolute Gasteiger partial charge is 0.481 e. The van der Waals surface area contributed by atoms with Gasteiger partial charge < -0.3 is 10.0 Å². The van der Waals surface area contributed by atoms with Crippen LogP contribution < -0.4 is 4.90 Å². The van der Waals surface area contributed by atoms with E-state index in [2.05, 4.69) is 0 Å². The number of aryl methyl sites for hydroxylation is 1. The van der Waals surface area contributed by atoms with Crippen LogP contribution in [0.4, 0.5) is 5.69 Å². The second-order valence-electron chi connectivity index (χ2n) is 5.20. The monoisotopic (exact) mass is 297 g/mol. The number of benzene rings is 2. The fourth-order valence-corrected chi connectivity index (χ4v) is 2.23. The fourth-order valence-electron chi connectivity index (χ4n) is 2.23. The third-order valence-corrected chi connectivity index (χ3v) is 3.35. The van der Waals surface area contributed by atoms with E-state index in [1.165, 1.54) is 0 Å². The standard InChI is InChI=1S/C18H19NO3/c1-14-6-5-9-16(12-14)19(17(20)10-11-18(21)22)13-15-7-3-2-4-8-15/h2-9,12H,10-11,13H2,1H3,(H,21,22). The van der Waals surface area contributed by atoms with Crippen LogP contribution in [0.5, 0.6) is 0 Å². The third kappa shape index (κ3) is 4.45. The van der Waals surface area contributed by atoms with Gasteiger partial charge in [-0.2, -0.15) is 0 Å². The van der Waals surface area contributed by atoms with Gasteiger partial charge in [-0.25, -0.2) is 0 Å². The van der Waals surface area contributed by atoms with Crippen molar-refractivity contribution in [2.75, 3.05) is 4.90 Å². The highest BCUT2D eigenvalue weighted by Gasteiger charge is 2.17. The van der Waals surface area contributed by atoms with Crippen molar-refractivity contribution in [3.05, 3.63) is 65.7 Å². The maximum Gasteiger partial charge on any atom is 0.303 e. The summed E-state index contributed by atoms with van der Waals surface area (Å²) in [6, 6.07) is 17.3. The number of carboxylic acid groups (broad SMARTS) is 1. The normalized spacial score (nSPS) is 10.2. The average Bonchev–Trinajstić information content (AvgIpc) is 2.51. The van der Waals surface area contributed by atoms with Crippen molar-refractivity contribution in [1.82, 2.24) is 0 Å². The molecule has 0 unspecified atom stereocenters. The van der Waals surface area contributed by atoms with Crippen molar-refractivity contribution in [1.29, 1.82) is 0 Å². The number of carbonyl (C=O) groups excluding carboxylic acids is 1. The number of aliphatic carboxylic acids is 1. The SMILES string of the molecule is Cc1cccc(N(Cc2ccccc2)C(=O)CCC(=O)O)c1. The molecule has 4 nitrogen and oxygen atoms in total. The van der Waals surface area contributed by atoms with Crippen LogP contribution in [-0.2, 0) is 16.1 Å². The molecule has 0 aromatic heterocycles. The number of carboxylic acids is 1. The summed E-state index contributed by atoms with van der Waals surface area (Å²) in [5.41, 5.74) is 2.86. The van der Waals surface area contributed by atoms with Crippen LogP contribution in [0.2, 0.25) is 0 Å². The highest BCUT2D eigenvalue weighted by Crippen LogP contribution is 2.20. The van der Waals surface area contributed by atoms with E-state index in [-0.39, 0.29) is 18.7 Å². The lowest BCUT2D eigenvalue weighted by atomic mass is 10.1. The lowest BCUT2D eigenvalue weighted by Crippen LogP contribution is -2.30. The predicted molar refractivity (Wildman–Crippen MR) is 85.7 cm³/mol. The van der Waals surface area contributed by atoms with Crippen LogP contribution in [0.3, 0.4) is 0 Å². The molecule has 114 valence electrons. The topological polar surface area (TPSA) is 57.6 Å². The van der Waals surface area contributed by atoms with Crippen molar-refractivity contribution < 1.29 is 14.7 Å². The van der Waals surface area contributed by atoms with Gasteiger partial charge in [-0.1, -0.05) is 42.5 Å². The Hall–Kier alpha value is -2.62. The van der Waals surface area contributed by atoms with Crippen LogP contribution >= 0.6 is 0 Å². The number of nitrogens with zero attached hydrogens (tertiary/aromatic N) is 1. The van der Waals surface area contributed by atoms with Gasteiger partial charge in [-0.05, 0) is 30.2 Å². The molecule has 2 rings (SSSR count). The molecule has 22 heavy (non-hydrogen) atoms. The second-order valence-corrected chi connectivity index (χ2v) is 5.20. The number of hydrogen-bond acceptors (Lipinski definition) is 2. The summed E-state index contributed by atoms with van der Waals surface area (Å²) >= 11 is 0. The van der Waals surface area contributed by atoms with Crippen LogP contribution in [0, 0.1) is 6.92 Å². The van der Waals surface area contributed by atoms with Crippen LogP contribution in [-0.4, -0.2) is 17.0 Å². The summed E-state index contributed by atoms with van der Waals surface area (Å²) in [5, 5.41) is 8.78.